The summed E-state index contributed by atoms with van der Waals surface area (Å²) in [6, 6.07) is 5.65. The highest BCUT2D eigenvalue weighted by atomic mass is 16.4. The maximum Gasteiger partial charge on any atom is 0.337 e. The molecule has 0 radical (unpaired) electrons. The standard InChI is InChI=1S/C14H14N2O3/c17-14(18)12-5-6-15-8-13(12)16(10-3-4-10)9-11-2-1-7-19-11/h1-2,5-8,10H,3-4,9H2,(H,17,18). The molecular weight excluding hydrogens is 244 g/mol. The molecule has 0 unspecified atom stereocenters. The molecule has 0 amide bonds. The van der Waals surface area contributed by atoms with Crippen molar-refractivity contribution in [3.05, 3.63) is 48.2 Å². The Morgan fingerprint density at radius 1 is 1.47 bits per heavy atom. The van der Waals surface area contributed by atoms with E-state index in [1.165, 1.54) is 12.3 Å². The van der Waals surface area contributed by atoms with Gasteiger partial charge in [0.15, 0.2) is 0 Å². The third-order valence-corrected chi connectivity index (χ3v) is 3.23. The summed E-state index contributed by atoms with van der Waals surface area (Å²) in [6.45, 7) is 0.573. The van der Waals surface area contributed by atoms with E-state index in [1.54, 1.807) is 12.5 Å². The Bertz CT molecular complexity index is 576. The highest BCUT2D eigenvalue weighted by Gasteiger charge is 2.32. The predicted octanol–water partition coefficient (Wildman–Crippen LogP) is 2.54. The fourth-order valence-corrected chi connectivity index (χ4v) is 2.16. The number of aromatic carboxylic acids is 1. The fraction of sp³-hybridized carbons (Fsp3) is 0.286. The van der Waals surface area contributed by atoms with E-state index in [0.717, 1.165) is 18.6 Å². The molecule has 5 heteroatoms. The van der Waals surface area contributed by atoms with Gasteiger partial charge in [-0.2, -0.15) is 0 Å². The zero-order chi connectivity index (χ0) is 13.2. The second kappa shape index (κ2) is 4.76. The molecule has 0 aliphatic heterocycles. The molecule has 1 aliphatic rings. The summed E-state index contributed by atoms with van der Waals surface area (Å²) in [5.74, 6) is -0.102. The normalized spacial score (nSPS) is 14.3. The predicted molar refractivity (Wildman–Crippen MR) is 69.1 cm³/mol. The van der Waals surface area contributed by atoms with Gasteiger partial charge in [0.05, 0.1) is 30.3 Å². The Labute approximate surface area is 110 Å². The number of hydrogen-bond acceptors (Lipinski definition) is 4. The second-order valence-electron chi connectivity index (χ2n) is 4.64. The van der Waals surface area contributed by atoms with Crippen LogP contribution in [0.5, 0.6) is 0 Å². The summed E-state index contributed by atoms with van der Waals surface area (Å²) in [6.07, 6.45) is 6.90. The number of furan rings is 1. The lowest BCUT2D eigenvalue weighted by molar-refractivity contribution is 0.0697. The van der Waals surface area contributed by atoms with E-state index in [-0.39, 0.29) is 5.56 Å². The molecule has 0 atom stereocenters. The Morgan fingerprint density at radius 2 is 2.32 bits per heavy atom. The first kappa shape index (κ1) is 11.8. The van der Waals surface area contributed by atoms with E-state index in [9.17, 15) is 9.90 Å². The average molecular weight is 258 g/mol. The van der Waals surface area contributed by atoms with Crippen molar-refractivity contribution in [2.75, 3.05) is 4.90 Å². The molecule has 19 heavy (non-hydrogen) atoms. The van der Waals surface area contributed by atoms with Crippen LogP contribution in [0.25, 0.3) is 0 Å². The van der Waals surface area contributed by atoms with Gasteiger partial charge < -0.3 is 14.4 Å². The first-order valence-corrected chi connectivity index (χ1v) is 6.22. The monoisotopic (exact) mass is 258 g/mol. The van der Waals surface area contributed by atoms with Gasteiger partial charge in [0.2, 0.25) is 0 Å². The largest absolute Gasteiger partial charge is 0.478 e. The number of aromatic nitrogens is 1. The van der Waals surface area contributed by atoms with Crippen molar-refractivity contribution in [1.82, 2.24) is 4.98 Å². The van der Waals surface area contributed by atoms with Crippen LogP contribution in [0, 0.1) is 0 Å². The molecule has 1 fully saturated rings. The number of pyridine rings is 1. The van der Waals surface area contributed by atoms with E-state index in [1.807, 2.05) is 12.1 Å². The van der Waals surface area contributed by atoms with E-state index in [2.05, 4.69) is 9.88 Å². The SMILES string of the molecule is O=C(O)c1ccncc1N(Cc1ccco1)C1CC1. The zero-order valence-corrected chi connectivity index (χ0v) is 10.3. The van der Waals surface area contributed by atoms with Gasteiger partial charge in [0, 0.05) is 12.2 Å². The van der Waals surface area contributed by atoms with Crippen molar-refractivity contribution < 1.29 is 14.3 Å². The molecule has 2 aromatic rings. The molecule has 5 nitrogen and oxygen atoms in total. The number of nitrogens with zero attached hydrogens (tertiary/aromatic N) is 2. The van der Waals surface area contributed by atoms with Crippen LogP contribution in [-0.4, -0.2) is 22.1 Å². The zero-order valence-electron chi connectivity index (χ0n) is 10.3. The smallest absolute Gasteiger partial charge is 0.337 e. The van der Waals surface area contributed by atoms with E-state index in [0.29, 0.717) is 18.3 Å². The minimum Gasteiger partial charge on any atom is -0.478 e. The summed E-state index contributed by atoms with van der Waals surface area (Å²) < 4.78 is 5.35. The summed E-state index contributed by atoms with van der Waals surface area (Å²) in [4.78, 5) is 17.4. The minimum atomic E-state index is -0.928. The number of carbonyl (C=O) groups is 1. The van der Waals surface area contributed by atoms with Crippen molar-refractivity contribution in [2.45, 2.75) is 25.4 Å². The molecule has 2 aromatic heterocycles. The van der Waals surface area contributed by atoms with Gasteiger partial charge in [-0.15, -0.1) is 0 Å². The minimum absolute atomic E-state index is 0.286. The number of hydrogen-bond donors (Lipinski definition) is 1. The first-order chi connectivity index (χ1) is 9.25. The van der Waals surface area contributed by atoms with Crippen LogP contribution in [-0.2, 0) is 6.54 Å². The van der Waals surface area contributed by atoms with Crippen molar-refractivity contribution >= 4 is 11.7 Å². The molecule has 1 aliphatic carbocycles. The quantitative estimate of drug-likeness (QED) is 0.892. The molecule has 3 rings (SSSR count). The van der Waals surface area contributed by atoms with E-state index < -0.39 is 5.97 Å². The Balaban J connectivity index is 1.94. The molecule has 0 spiro atoms. The Kier molecular flexibility index (Phi) is 2.95. The Morgan fingerprint density at radius 3 is 2.95 bits per heavy atom. The molecule has 0 aromatic carbocycles. The van der Waals surface area contributed by atoms with E-state index >= 15 is 0 Å². The van der Waals surface area contributed by atoms with Gasteiger partial charge in [-0.3, -0.25) is 4.98 Å². The van der Waals surface area contributed by atoms with Gasteiger partial charge in [-0.05, 0) is 31.0 Å². The van der Waals surface area contributed by atoms with Crippen molar-refractivity contribution in [2.24, 2.45) is 0 Å². The molecule has 0 bridgehead atoms. The summed E-state index contributed by atoms with van der Waals surface area (Å²) >= 11 is 0. The molecule has 98 valence electrons. The first-order valence-electron chi connectivity index (χ1n) is 6.22. The third-order valence-electron chi connectivity index (χ3n) is 3.23. The van der Waals surface area contributed by atoms with Crippen molar-refractivity contribution in [3.63, 3.8) is 0 Å². The Hall–Kier alpha value is -2.30. The van der Waals surface area contributed by atoms with Gasteiger partial charge in [0.25, 0.3) is 0 Å². The summed E-state index contributed by atoms with van der Waals surface area (Å²) in [7, 11) is 0. The topological polar surface area (TPSA) is 66.6 Å². The summed E-state index contributed by atoms with van der Waals surface area (Å²) in [5, 5.41) is 9.26. The van der Waals surface area contributed by atoms with Gasteiger partial charge in [0.1, 0.15) is 5.76 Å². The molecular formula is C14H14N2O3. The van der Waals surface area contributed by atoms with Crippen molar-refractivity contribution in [1.29, 1.82) is 0 Å². The molecule has 2 heterocycles. The van der Waals surface area contributed by atoms with Crippen LogP contribution in [0.2, 0.25) is 0 Å². The summed E-state index contributed by atoms with van der Waals surface area (Å²) in [5.41, 5.74) is 0.947. The average Bonchev–Trinajstić information content (AvgIpc) is 3.13. The molecule has 0 saturated heterocycles. The molecule has 1 N–H and O–H groups in total. The highest BCUT2D eigenvalue weighted by molar-refractivity contribution is 5.94. The maximum absolute atomic E-state index is 11.3. The van der Waals surface area contributed by atoms with Crippen molar-refractivity contribution in [3.8, 4) is 0 Å². The van der Waals surface area contributed by atoms with E-state index in [4.69, 9.17) is 4.42 Å². The fourth-order valence-electron chi connectivity index (χ4n) is 2.16. The number of rotatable bonds is 5. The maximum atomic E-state index is 11.3. The second-order valence-corrected chi connectivity index (χ2v) is 4.64. The number of carboxylic acid groups (broad SMARTS) is 1. The van der Waals surface area contributed by atoms with Crippen LogP contribution < -0.4 is 4.90 Å². The lowest BCUT2D eigenvalue weighted by Crippen LogP contribution is -2.26. The van der Waals surface area contributed by atoms with Crippen LogP contribution >= 0.6 is 0 Å². The highest BCUT2D eigenvalue weighted by Crippen LogP contribution is 2.34. The van der Waals surface area contributed by atoms with Crippen LogP contribution in [0.4, 0.5) is 5.69 Å². The van der Waals surface area contributed by atoms with Gasteiger partial charge in [-0.1, -0.05) is 0 Å². The lowest BCUT2D eigenvalue weighted by Gasteiger charge is -2.24. The lowest BCUT2D eigenvalue weighted by atomic mass is 10.2. The molecule has 1 saturated carbocycles. The third kappa shape index (κ3) is 2.45. The van der Waals surface area contributed by atoms with Crippen LogP contribution in [0.15, 0.2) is 41.3 Å². The van der Waals surface area contributed by atoms with Gasteiger partial charge in [-0.25, -0.2) is 4.79 Å². The van der Waals surface area contributed by atoms with Crippen LogP contribution in [0.3, 0.4) is 0 Å². The van der Waals surface area contributed by atoms with Gasteiger partial charge >= 0.3 is 5.97 Å². The van der Waals surface area contributed by atoms with Crippen LogP contribution in [0.1, 0.15) is 29.0 Å². The number of carboxylic acids is 1. The number of anilines is 1.